The van der Waals surface area contributed by atoms with Gasteiger partial charge in [0.2, 0.25) is 0 Å². The van der Waals surface area contributed by atoms with Gasteiger partial charge in [0.15, 0.2) is 5.96 Å². The zero-order valence-corrected chi connectivity index (χ0v) is 13.4. The number of guanidine groups is 1. The molecule has 0 saturated carbocycles. The van der Waals surface area contributed by atoms with Crippen molar-refractivity contribution in [2.75, 3.05) is 35.0 Å². The Labute approximate surface area is 126 Å². The first-order valence-electron chi connectivity index (χ1n) is 6.81. The minimum absolute atomic E-state index is 0.180. The van der Waals surface area contributed by atoms with E-state index in [9.17, 15) is 0 Å². The number of benzene rings is 1. The molecule has 1 rings (SSSR count). The first kappa shape index (κ1) is 17.1. The molecule has 0 aromatic heterocycles. The molecule has 0 aliphatic carbocycles. The summed E-state index contributed by atoms with van der Waals surface area (Å²) in [6, 6.07) is 5.92. The standard InChI is InChI=1S/C15H25N3O3/c1-11(10-19-3)18-15(16-2)17-9-12-6-7-13(20-4)8-14(12)21-5/h6-8,11H,9-10H2,1-5H3,(H2,16,17,18). The second-order valence-corrected chi connectivity index (χ2v) is 4.60. The molecular weight excluding hydrogens is 270 g/mol. The predicted molar refractivity (Wildman–Crippen MR) is 84.2 cm³/mol. The van der Waals surface area contributed by atoms with E-state index in [0.717, 1.165) is 23.0 Å². The molecular formula is C15H25N3O3. The van der Waals surface area contributed by atoms with Crippen molar-refractivity contribution in [3.05, 3.63) is 23.8 Å². The summed E-state index contributed by atoms with van der Waals surface area (Å²) in [6.45, 7) is 3.25. The van der Waals surface area contributed by atoms with Gasteiger partial charge in [0.25, 0.3) is 0 Å². The lowest BCUT2D eigenvalue weighted by atomic mass is 10.2. The minimum Gasteiger partial charge on any atom is -0.497 e. The van der Waals surface area contributed by atoms with Gasteiger partial charge in [-0.3, -0.25) is 4.99 Å². The van der Waals surface area contributed by atoms with E-state index in [-0.39, 0.29) is 6.04 Å². The molecule has 118 valence electrons. The number of hydrogen-bond acceptors (Lipinski definition) is 4. The molecule has 0 radical (unpaired) electrons. The Balaban J connectivity index is 2.64. The highest BCUT2D eigenvalue weighted by Crippen LogP contribution is 2.24. The van der Waals surface area contributed by atoms with Gasteiger partial charge in [0, 0.05) is 38.4 Å². The highest BCUT2D eigenvalue weighted by atomic mass is 16.5. The summed E-state index contributed by atoms with van der Waals surface area (Å²) in [7, 11) is 6.69. The molecule has 0 amide bonds. The lowest BCUT2D eigenvalue weighted by Crippen LogP contribution is -2.43. The highest BCUT2D eigenvalue weighted by molar-refractivity contribution is 5.80. The predicted octanol–water partition coefficient (Wildman–Crippen LogP) is 1.40. The average molecular weight is 295 g/mol. The number of rotatable bonds is 7. The molecule has 2 N–H and O–H groups in total. The molecule has 1 unspecified atom stereocenters. The SMILES string of the molecule is CN=C(NCc1ccc(OC)cc1OC)NC(C)COC. The lowest BCUT2D eigenvalue weighted by Gasteiger charge is -2.18. The van der Waals surface area contributed by atoms with Crippen LogP contribution >= 0.6 is 0 Å². The van der Waals surface area contributed by atoms with Gasteiger partial charge in [0.05, 0.1) is 20.8 Å². The van der Waals surface area contributed by atoms with Crippen LogP contribution in [0.5, 0.6) is 11.5 Å². The van der Waals surface area contributed by atoms with Crippen molar-refractivity contribution in [1.82, 2.24) is 10.6 Å². The fourth-order valence-electron chi connectivity index (χ4n) is 1.90. The van der Waals surface area contributed by atoms with Crippen molar-refractivity contribution >= 4 is 5.96 Å². The van der Waals surface area contributed by atoms with Crippen LogP contribution in [0.15, 0.2) is 23.2 Å². The van der Waals surface area contributed by atoms with E-state index < -0.39 is 0 Å². The quantitative estimate of drug-likeness (QED) is 0.588. The van der Waals surface area contributed by atoms with Gasteiger partial charge in [-0.25, -0.2) is 0 Å². The molecule has 6 nitrogen and oxygen atoms in total. The average Bonchev–Trinajstić information content (AvgIpc) is 2.51. The topological polar surface area (TPSA) is 64.1 Å². The van der Waals surface area contributed by atoms with Crippen LogP contribution in [-0.4, -0.2) is 47.0 Å². The number of hydrogen-bond donors (Lipinski definition) is 2. The van der Waals surface area contributed by atoms with Crippen LogP contribution in [0.3, 0.4) is 0 Å². The molecule has 0 aliphatic heterocycles. The number of nitrogens with one attached hydrogen (secondary N) is 2. The van der Waals surface area contributed by atoms with Crippen molar-refractivity contribution in [3.63, 3.8) is 0 Å². The summed E-state index contributed by atoms with van der Waals surface area (Å²) < 4.78 is 15.7. The van der Waals surface area contributed by atoms with Crippen molar-refractivity contribution in [2.24, 2.45) is 4.99 Å². The van der Waals surface area contributed by atoms with Crippen LogP contribution in [0.2, 0.25) is 0 Å². The molecule has 1 aromatic carbocycles. The Morgan fingerprint density at radius 3 is 2.57 bits per heavy atom. The van der Waals surface area contributed by atoms with Crippen molar-refractivity contribution in [1.29, 1.82) is 0 Å². The van der Waals surface area contributed by atoms with Gasteiger partial charge in [-0.05, 0) is 19.1 Å². The summed E-state index contributed by atoms with van der Waals surface area (Å²) in [5.74, 6) is 2.27. The van der Waals surface area contributed by atoms with E-state index >= 15 is 0 Å². The van der Waals surface area contributed by atoms with E-state index in [0.29, 0.717) is 13.2 Å². The van der Waals surface area contributed by atoms with Crippen LogP contribution in [0.4, 0.5) is 0 Å². The van der Waals surface area contributed by atoms with E-state index in [1.807, 2.05) is 25.1 Å². The second-order valence-electron chi connectivity index (χ2n) is 4.60. The Morgan fingerprint density at radius 1 is 1.24 bits per heavy atom. The number of aliphatic imine (C=N–C) groups is 1. The highest BCUT2D eigenvalue weighted by Gasteiger charge is 2.08. The summed E-state index contributed by atoms with van der Waals surface area (Å²) >= 11 is 0. The Kier molecular flexibility index (Phi) is 7.39. The second kappa shape index (κ2) is 9.07. The zero-order valence-electron chi connectivity index (χ0n) is 13.4. The molecule has 1 atom stereocenters. The summed E-state index contributed by atoms with van der Waals surface area (Å²) in [6.07, 6.45) is 0. The van der Waals surface area contributed by atoms with E-state index in [4.69, 9.17) is 14.2 Å². The van der Waals surface area contributed by atoms with E-state index in [1.54, 1.807) is 28.4 Å². The smallest absolute Gasteiger partial charge is 0.191 e. The number of nitrogens with zero attached hydrogens (tertiary/aromatic N) is 1. The summed E-state index contributed by atoms with van der Waals surface area (Å²) in [5, 5.41) is 6.50. The maximum absolute atomic E-state index is 5.37. The molecule has 0 spiro atoms. The number of methoxy groups -OCH3 is 3. The maximum Gasteiger partial charge on any atom is 0.191 e. The monoisotopic (exact) mass is 295 g/mol. The van der Waals surface area contributed by atoms with E-state index in [2.05, 4.69) is 15.6 Å². The Bertz CT molecular complexity index is 463. The normalized spacial score (nSPS) is 12.7. The van der Waals surface area contributed by atoms with Gasteiger partial charge in [-0.15, -0.1) is 0 Å². The molecule has 0 aliphatic rings. The van der Waals surface area contributed by atoms with Crippen molar-refractivity contribution < 1.29 is 14.2 Å². The third-order valence-corrected chi connectivity index (χ3v) is 2.96. The summed E-state index contributed by atoms with van der Waals surface area (Å²) in [5.41, 5.74) is 1.03. The molecule has 0 saturated heterocycles. The Hall–Kier alpha value is -1.95. The molecule has 21 heavy (non-hydrogen) atoms. The summed E-state index contributed by atoms with van der Waals surface area (Å²) in [4.78, 5) is 4.19. The Morgan fingerprint density at radius 2 is 2.00 bits per heavy atom. The third-order valence-electron chi connectivity index (χ3n) is 2.96. The van der Waals surface area contributed by atoms with Gasteiger partial charge in [-0.1, -0.05) is 0 Å². The zero-order chi connectivity index (χ0) is 15.7. The van der Waals surface area contributed by atoms with Crippen molar-refractivity contribution in [3.8, 4) is 11.5 Å². The molecule has 0 fully saturated rings. The van der Waals surface area contributed by atoms with Gasteiger partial charge in [-0.2, -0.15) is 0 Å². The minimum atomic E-state index is 0.180. The lowest BCUT2D eigenvalue weighted by molar-refractivity contribution is 0.179. The number of ether oxygens (including phenoxy) is 3. The molecule has 0 bridgehead atoms. The fourth-order valence-corrected chi connectivity index (χ4v) is 1.90. The van der Waals surface area contributed by atoms with Crippen LogP contribution < -0.4 is 20.1 Å². The third kappa shape index (κ3) is 5.51. The van der Waals surface area contributed by atoms with Crippen LogP contribution in [-0.2, 0) is 11.3 Å². The van der Waals surface area contributed by atoms with Crippen molar-refractivity contribution in [2.45, 2.75) is 19.5 Å². The fraction of sp³-hybridized carbons (Fsp3) is 0.533. The molecule has 0 heterocycles. The van der Waals surface area contributed by atoms with Gasteiger partial charge < -0.3 is 24.8 Å². The molecule has 1 aromatic rings. The first-order chi connectivity index (χ1) is 10.1. The van der Waals surface area contributed by atoms with Crippen LogP contribution in [0.1, 0.15) is 12.5 Å². The van der Waals surface area contributed by atoms with Crippen LogP contribution in [0.25, 0.3) is 0 Å². The largest absolute Gasteiger partial charge is 0.497 e. The molecule has 6 heteroatoms. The van der Waals surface area contributed by atoms with E-state index in [1.165, 1.54) is 0 Å². The van der Waals surface area contributed by atoms with Crippen LogP contribution in [0, 0.1) is 0 Å². The van der Waals surface area contributed by atoms with Gasteiger partial charge in [0.1, 0.15) is 11.5 Å². The first-order valence-corrected chi connectivity index (χ1v) is 6.81. The maximum atomic E-state index is 5.37. The van der Waals surface area contributed by atoms with Gasteiger partial charge >= 0.3 is 0 Å².